The van der Waals surface area contributed by atoms with Crippen LogP contribution in [0.5, 0.6) is 0 Å². The minimum atomic E-state index is -1.20. The Morgan fingerprint density at radius 1 is 1.48 bits per heavy atom. The van der Waals surface area contributed by atoms with Gasteiger partial charge in [-0.2, -0.15) is 0 Å². The van der Waals surface area contributed by atoms with E-state index in [2.05, 4.69) is 10.6 Å². The van der Waals surface area contributed by atoms with Crippen molar-refractivity contribution < 1.29 is 29.0 Å². The maximum atomic E-state index is 11.9. The molecular weight excluding hydrogens is 280 g/mol. The van der Waals surface area contributed by atoms with E-state index in [1.807, 2.05) is 0 Å². The number of hydrogen-bond donors (Lipinski definition) is 3. The zero-order chi connectivity index (χ0) is 15.8. The van der Waals surface area contributed by atoms with E-state index in [-0.39, 0.29) is 38.3 Å². The van der Waals surface area contributed by atoms with Crippen LogP contribution in [-0.2, 0) is 23.9 Å². The van der Waals surface area contributed by atoms with Gasteiger partial charge in [-0.25, -0.2) is 4.79 Å². The van der Waals surface area contributed by atoms with Crippen LogP contribution in [0.15, 0.2) is 0 Å². The van der Waals surface area contributed by atoms with Crippen LogP contribution in [0, 0.1) is 5.92 Å². The van der Waals surface area contributed by atoms with E-state index in [0.717, 1.165) is 0 Å². The number of rotatable bonds is 7. The van der Waals surface area contributed by atoms with Crippen LogP contribution in [-0.4, -0.2) is 48.1 Å². The summed E-state index contributed by atoms with van der Waals surface area (Å²) in [5, 5.41) is 14.0. The highest BCUT2D eigenvalue weighted by molar-refractivity contribution is 5.87. The number of carbonyl (C=O) groups is 4. The number of carboxylic acids is 1. The number of hydrogen-bond acceptors (Lipinski definition) is 5. The Balaban J connectivity index is 2.46. The molecule has 0 aromatic carbocycles. The molecule has 0 aromatic heterocycles. The number of esters is 1. The van der Waals surface area contributed by atoms with Crippen LogP contribution in [0.1, 0.15) is 32.6 Å². The summed E-state index contributed by atoms with van der Waals surface area (Å²) in [4.78, 5) is 45.3. The fourth-order valence-corrected chi connectivity index (χ4v) is 2.00. The van der Waals surface area contributed by atoms with Crippen LogP contribution < -0.4 is 10.6 Å². The first-order chi connectivity index (χ1) is 9.93. The molecule has 0 aromatic rings. The fourth-order valence-electron chi connectivity index (χ4n) is 2.00. The second-order valence-corrected chi connectivity index (χ2v) is 4.78. The molecule has 2 amide bonds. The summed E-state index contributed by atoms with van der Waals surface area (Å²) < 4.78 is 4.71. The number of carboxylic acid groups (broad SMARTS) is 1. The third-order valence-corrected chi connectivity index (χ3v) is 3.19. The van der Waals surface area contributed by atoms with Gasteiger partial charge in [-0.3, -0.25) is 14.4 Å². The lowest BCUT2D eigenvalue weighted by atomic mass is 9.97. The predicted molar refractivity (Wildman–Crippen MR) is 71.2 cm³/mol. The number of aliphatic carboxylic acids is 1. The molecule has 0 saturated carbocycles. The number of ether oxygens (including phenoxy) is 1. The molecule has 0 aliphatic carbocycles. The van der Waals surface area contributed by atoms with Gasteiger partial charge in [-0.05, 0) is 19.8 Å². The van der Waals surface area contributed by atoms with Crippen LogP contribution >= 0.6 is 0 Å². The van der Waals surface area contributed by atoms with Gasteiger partial charge in [0.2, 0.25) is 11.8 Å². The minimum Gasteiger partial charge on any atom is -0.480 e. The molecule has 1 aliphatic rings. The van der Waals surface area contributed by atoms with Crippen molar-refractivity contribution in [3.8, 4) is 0 Å². The maximum absolute atomic E-state index is 11.9. The van der Waals surface area contributed by atoms with Gasteiger partial charge in [0.05, 0.1) is 12.5 Å². The third-order valence-electron chi connectivity index (χ3n) is 3.19. The van der Waals surface area contributed by atoms with Crippen molar-refractivity contribution in [2.45, 2.75) is 38.6 Å². The fraction of sp³-hybridized carbons (Fsp3) is 0.692. The summed E-state index contributed by atoms with van der Waals surface area (Å²) in [5.74, 6) is -2.68. The highest BCUT2D eigenvalue weighted by Crippen LogP contribution is 2.12. The van der Waals surface area contributed by atoms with Gasteiger partial charge in [0.1, 0.15) is 6.04 Å². The SMILES string of the molecule is CCOC(=O)CC[C@H](NC(=O)C1CCC(=O)NC1)C(=O)O. The molecule has 8 heteroatoms. The summed E-state index contributed by atoms with van der Waals surface area (Å²) >= 11 is 0. The van der Waals surface area contributed by atoms with Gasteiger partial charge >= 0.3 is 11.9 Å². The third kappa shape index (κ3) is 5.80. The number of nitrogens with one attached hydrogen (secondary N) is 2. The first-order valence-electron chi connectivity index (χ1n) is 6.89. The first kappa shape index (κ1) is 16.9. The van der Waals surface area contributed by atoms with Crippen LogP contribution in [0.4, 0.5) is 0 Å². The lowest BCUT2D eigenvalue weighted by Crippen LogP contribution is -2.48. The van der Waals surface area contributed by atoms with E-state index in [4.69, 9.17) is 9.84 Å². The standard InChI is InChI=1S/C13H20N2O6/c1-2-21-11(17)6-4-9(13(19)20)15-12(18)8-3-5-10(16)14-7-8/h8-9H,2-7H2,1H3,(H,14,16)(H,15,18)(H,19,20)/t8?,9-/m0/s1. The topological polar surface area (TPSA) is 122 Å². The molecule has 0 bridgehead atoms. The zero-order valence-electron chi connectivity index (χ0n) is 11.9. The summed E-state index contributed by atoms with van der Waals surface area (Å²) in [5.41, 5.74) is 0. The molecule has 8 nitrogen and oxygen atoms in total. The average Bonchev–Trinajstić information content (AvgIpc) is 2.43. The predicted octanol–water partition coefficient (Wildman–Crippen LogP) is -0.575. The molecule has 1 heterocycles. The summed E-state index contributed by atoms with van der Waals surface area (Å²) in [6, 6.07) is -1.14. The molecule has 2 atom stereocenters. The van der Waals surface area contributed by atoms with Gasteiger partial charge < -0.3 is 20.5 Å². The van der Waals surface area contributed by atoms with Gasteiger partial charge in [-0.1, -0.05) is 0 Å². The summed E-state index contributed by atoms with van der Waals surface area (Å²) in [7, 11) is 0. The van der Waals surface area contributed by atoms with Crippen molar-refractivity contribution in [3.63, 3.8) is 0 Å². The molecule has 1 unspecified atom stereocenters. The van der Waals surface area contributed by atoms with Gasteiger partial charge in [0.15, 0.2) is 0 Å². The second-order valence-electron chi connectivity index (χ2n) is 4.78. The Morgan fingerprint density at radius 3 is 2.71 bits per heavy atom. The molecule has 0 spiro atoms. The largest absolute Gasteiger partial charge is 0.480 e. The molecule has 1 aliphatic heterocycles. The molecule has 21 heavy (non-hydrogen) atoms. The van der Waals surface area contributed by atoms with Crippen molar-refractivity contribution in [2.75, 3.05) is 13.2 Å². The number of carbonyl (C=O) groups excluding carboxylic acids is 3. The highest BCUT2D eigenvalue weighted by Gasteiger charge is 2.28. The highest BCUT2D eigenvalue weighted by atomic mass is 16.5. The Labute approximate surface area is 122 Å². The molecular formula is C13H20N2O6. The molecule has 1 rings (SSSR count). The van der Waals surface area contributed by atoms with E-state index < -0.39 is 29.8 Å². The quantitative estimate of drug-likeness (QED) is 0.541. The van der Waals surface area contributed by atoms with Crippen molar-refractivity contribution in [3.05, 3.63) is 0 Å². The minimum absolute atomic E-state index is 0.0288. The van der Waals surface area contributed by atoms with E-state index in [0.29, 0.717) is 6.42 Å². The summed E-state index contributed by atoms with van der Waals surface area (Å²) in [6.07, 6.45) is 0.534. The first-order valence-corrected chi connectivity index (χ1v) is 6.89. The lowest BCUT2D eigenvalue weighted by Gasteiger charge is -2.23. The van der Waals surface area contributed by atoms with Gasteiger partial charge in [0.25, 0.3) is 0 Å². The normalized spacial score (nSPS) is 19.3. The molecule has 118 valence electrons. The van der Waals surface area contributed by atoms with Crippen LogP contribution in [0.3, 0.4) is 0 Å². The van der Waals surface area contributed by atoms with Crippen molar-refractivity contribution >= 4 is 23.8 Å². The lowest BCUT2D eigenvalue weighted by molar-refractivity contribution is -0.146. The molecule has 1 saturated heterocycles. The maximum Gasteiger partial charge on any atom is 0.326 e. The van der Waals surface area contributed by atoms with Crippen LogP contribution in [0.25, 0.3) is 0 Å². The Hall–Kier alpha value is -2.12. The summed E-state index contributed by atoms with van der Waals surface area (Å²) in [6.45, 7) is 2.09. The average molecular weight is 300 g/mol. The molecule has 1 fully saturated rings. The molecule has 0 radical (unpaired) electrons. The van der Waals surface area contributed by atoms with E-state index in [9.17, 15) is 19.2 Å². The van der Waals surface area contributed by atoms with Crippen molar-refractivity contribution in [1.82, 2.24) is 10.6 Å². The number of piperidine rings is 1. The van der Waals surface area contributed by atoms with Gasteiger partial charge in [0, 0.05) is 19.4 Å². The van der Waals surface area contributed by atoms with E-state index in [1.165, 1.54) is 0 Å². The Kier molecular flexibility index (Phi) is 6.64. The Morgan fingerprint density at radius 2 is 2.19 bits per heavy atom. The zero-order valence-corrected chi connectivity index (χ0v) is 11.9. The Bertz CT molecular complexity index is 413. The van der Waals surface area contributed by atoms with E-state index in [1.54, 1.807) is 6.92 Å². The van der Waals surface area contributed by atoms with Crippen molar-refractivity contribution in [2.24, 2.45) is 5.92 Å². The number of amides is 2. The van der Waals surface area contributed by atoms with E-state index >= 15 is 0 Å². The molecule has 3 N–H and O–H groups in total. The van der Waals surface area contributed by atoms with Crippen molar-refractivity contribution in [1.29, 1.82) is 0 Å². The van der Waals surface area contributed by atoms with Gasteiger partial charge in [-0.15, -0.1) is 0 Å². The smallest absolute Gasteiger partial charge is 0.326 e. The second kappa shape index (κ2) is 8.23. The monoisotopic (exact) mass is 300 g/mol. The van der Waals surface area contributed by atoms with Crippen LogP contribution in [0.2, 0.25) is 0 Å².